The number of benzene rings is 2. The summed E-state index contributed by atoms with van der Waals surface area (Å²) in [5.74, 6) is 1.51. The molecule has 0 aliphatic carbocycles. The second-order valence-electron chi connectivity index (χ2n) is 5.39. The number of hydrogen-bond acceptors (Lipinski definition) is 3. The largest absolute Gasteiger partial charge is 0.455 e. The van der Waals surface area contributed by atoms with Crippen LogP contribution in [0.5, 0.6) is 0 Å². The van der Waals surface area contributed by atoms with Crippen LogP contribution in [0.3, 0.4) is 0 Å². The highest BCUT2D eigenvalue weighted by molar-refractivity contribution is 9.10. The van der Waals surface area contributed by atoms with E-state index < -0.39 is 0 Å². The Balaban J connectivity index is 1.61. The average molecular weight is 404 g/mol. The Bertz CT molecular complexity index is 856. The summed E-state index contributed by atoms with van der Waals surface area (Å²) in [7, 11) is 0. The van der Waals surface area contributed by atoms with E-state index >= 15 is 0 Å². The van der Waals surface area contributed by atoms with Crippen molar-refractivity contribution >= 4 is 33.7 Å². The summed E-state index contributed by atoms with van der Waals surface area (Å²) in [6.07, 6.45) is 1.67. The second-order valence-corrected chi connectivity index (χ2v) is 6.68. The molecule has 1 aromatic heterocycles. The van der Waals surface area contributed by atoms with Crippen molar-refractivity contribution in [2.24, 2.45) is 5.10 Å². The molecule has 0 fully saturated rings. The molecule has 0 aliphatic rings. The lowest BCUT2D eigenvalue weighted by Crippen LogP contribution is -2.05. The van der Waals surface area contributed by atoms with Gasteiger partial charge < -0.3 is 9.84 Å². The quantitative estimate of drug-likeness (QED) is 0.432. The Labute approximate surface area is 154 Å². The standard InChI is InChI=1S/C19H16BrClN2O/c1-13-2-5-15(10-18(13)20)19-9-8-17(24-19)12-23-22-11-14-3-6-16(21)7-4-14/h2-10,12,22H,11H2,1H3/b23-12-. The van der Waals surface area contributed by atoms with Gasteiger partial charge >= 0.3 is 0 Å². The molecule has 24 heavy (non-hydrogen) atoms. The van der Waals surface area contributed by atoms with Gasteiger partial charge in [0.15, 0.2) is 0 Å². The van der Waals surface area contributed by atoms with Crippen LogP contribution in [0, 0.1) is 6.92 Å². The molecule has 3 aromatic rings. The van der Waals surface area contributed by atoms with Crippen molar-refractivity contribution in [2.75, 3.05) is 0 Å². The topological polar surface area (TPSA) is 37.5 Å². The zero-order valence-corrected chi connectivity index (χ0v) is 15.4. The van der Waals surface area contributed by atoms with Crippen LogP contribution < -0.4 is 5.43 Å². The lowest BCUT2D eigenvalue weighted by Gasteiger charge is -2.01. The van der Waals surface area contributed by atoms with Gasteiger partial charge in [0.2, 0.25) is 0 Å². The Morgan fingerprint density at radius 2 is 1.92 bits per heavy atom. The molecule has 3 nitrogen and oxygen atoms in total. The molecule has 0 spiro atoms. The highest BCUT2D eigenvalue weighted by Crippen LogP contribution is 2.26. The van der Waals surface area contributed by atoms with Gasteiger partial charge in [0.05, 0.1) is 12.8 Å². The van der Waals surface area contributed by atoms with Crippen LogP contribution in [0.2, 0.25) is 5.02 Å². The molecule has 2 aromatic carbocycles. The summed E-state index contributed by atoms with van der Waals surface area (Å²) in [5, 5.41) is 4.92. The summed E-state index contributed by atoms with van der Waals surface area (Å²) < 4.78 is 6.87. The number of halogens is 2. The number of aryl methyl sites for hydroxylation is 1. The molecular weight excluding hydrogens is 388 g/mol. The van der Waals surface area contributed by atoms with E-state index in [0.29, 0.717) is 12.3 Å². The van der Waals surface area contributed by atoms with Gasteiger partial charge in [-0.15, -0.1) is 0 Å². The Morgan fingerprint density at radius 1 is 1.12 bits per heavy atom. The molecule has 0 saturated heterocycles. The van der Waals surface area contributed by atoms with Crippen molar-refractivity contribution < 1.29 is 4.42 Å². The Kier molecular flexibility index (Phi) is 5.38. The molecule has 0 amide bonds. The minimum absolute atomic E-state index is 0.631. The van der Waals surface area contributed by atoms with Crippen molar-refractivity contribution in [3.63, 3.8) is 0 Å². The maximum atomic E-state index is 5.86. The fraction of sp³-hybridized carbons (Fsp3) is 0.105. The van der Waals surface area contributed by atoms with Gasteiger partial charge in [0.1, 0.15) is 11.5 Å². The van der Waals surface area contributed by atoms with Crippen molar-refractivity contribution in [1.29, 1.82) is 0 Å². The predicted octanol–water partition coefficient (Wildman–Crippen LogP) is 5.79. The molecule has 0 bridgehead atoms. The summed E-state index contributed by atoms with van der Waals surface area (Å²) in [6.45, 7) is 2.69. The van der Waals surface area contributed by atoms with Gasteiger partial charge in [-0.25, -0.2) is 0 Å². The van der Waals surface area contributed by atoms with Crippen LogP contribution in [0.1, 0.15) is 16.9 Å². The first kappa shape index (κ1) is 16.8. The zero-order valence-electron chi connectivity index (χ0n) is 13.1. The van der Waals surface area contributed by atoms with Crippen LogP contribution in [-0.4, -0.2) is 6.21 Å². The smallest absolute Gasteiger partial charge is 0.147 e. The van der Waals surface area contributed by atoms with E-state index in [1.165, 1.54) is 5.56 Å². The van der Waals surface area contributed by atoms with Crippen LogP contribution >= 0.6 is 27.5 Å². The monoisotopic (exact) mass is 402 g/mol. The highest BCUT2D eigenvalue weighted by Gasteiger charge is 2.05. The summed E-state index contributed by atoms with van der Waals surface area (Å²) >= 11 is 9.40. The minimum Gasteiger partial charge on any atom is -0.455 e. The summed E-state index contributed by atoms with van der Waals surface area (Å²) in [4.78, 5) is 0. The van der Waals surface area contributed by atoms with Crippen LogP contribution in [0.25, 0.3) is 11.3 Å². The molecule has 3 rings (SSSR count). The lowest BCUT2D eigenvalue weighted by molar-refractivity contribution is 0.573. The molecule has 1 N–H and O–H groups in total. The van der Waals surface area contributed by atoms with Gasteiger partial charge in [-0.2, -0.15) is 5.10 Å². The van der Waals surface area contributed by atoms with Gasteiger partial charge in [0.25, 0.3) is 0 Å². The number of hydrogen-bond donors (Lipinski definition) is 1. The SMILES string of the molecule is Cc1ccc(-c2ccc(/C=N\NCc3ccc(Cl)cc3)o2)cc1Br. The van der Waals surface area contributed by atoms with Gasteiger partial charge in [-0.1, -0.05) is 51.8 Å². The Hall–Kier alpha value is -2.04. The predicted molar refractivity (Wildman–Crippen MR) is 102 cm³/mol. The summed E-state index contributed by atoms with van der Waals surface area (Å²) in [6, 6.07) is 17.6. The first-order chi connectivity index (χ1) is 11.6. The number of nitrogens with one attached hydrogen (secondary N) is 1. The van der Waals surface area contributed by atoms with Crippen molar-refractivity contribution in [1.82, 2.24) is 5.43 Å². The van der Waals surface area contributed by atoms with Gasteiger partial charge in [-0.05, 0) is 48.4 Å². The number of nitrogens with zero attached hydrogens (tertiary/aromatic N) is 1. The van der Waals surface area contributed by atoms with Crippen molar-refractivity contribution in [3.8, 4) is 11.3 Å². The minimum atomic E-state index is 0.631. The maximum Gasteiger partial charge on any atom is 0.147 e. The molecule has 0 unspecified atom stereocenters. The Morgan fingerprint density at radius 3 is 2.67 bits per heavy atom. The third-order valence-corrected chi connectivity index (χ3v) is 4.67. The molecule has 5 heteroatoms. The zero-order chi connectivity index (χ0) is 16.9. The van der Waals surface area contributed by atoms with E-state index in [9.17, 15) is 0 Å². The third-order valence-electron chi connectivity index (χ3n) is 3.56. The third kappa shape index (κ3) is 4.28. The van der Waals surface area contributed by atoms with Crippen molar-refractivity contribution in [3.05, 3.63) is 81.0 Å². The van der Waals surface area contributed by atoms with E-state index in [4.69, 9.17) is 16.0 Å². The van der Waals surface area contributed by atoms with Gasteiger partial charge in [-0.3, -0.25) is 0 Å². The summed E-state index contributed by atoms with van der Waals surface area (Å²) in [5.41, 5.74) is 6.33. The lowest BCUT2D eigenvalue weighted by atomic mass is 10.1. The second kappa shape index (κ2) is 7.69. The van der Waals surface area contributed by atoms with E-state index in [1.54, 1.807) is 6.21 Å². The highest BCUT2D eigenvalue weighted by atomic mass is 79.9. The van der Waals surface area contributed by atoms with E-state index in [1.807, 2.05) is 48.5 Å². The molecular formula is C19H16BrClN2O. The van der Waals surface area contributed by atoms with Gasteiger partial charge in [0, 0.05) is 15.1 Å². The molecule has 122 valence electrons. The molecule has 0 saturated carbocycles. The first-order valence-corrected chi connectivity index (χ1v) is 8.65. The van der Waals surface area contributed by atoms with E-state index in [2.05, 4.69) is 39.4 Å². The van der Waals surface area contributed by atoms with Crippen LogP contribution in [0.15, 0.2) is 68.6 Å². The maximum absolute atomic E-state index is 5.86. The average Bonchev–Trinajstić information content (AvgIpc) is 3.05. The van der Waals surface area contributed by atoms with Crippen LogP contribution in [-0.2, 0) is 6.54 Å². The number of rotatable bonds is 5. The van der Waals surface area contributed by atoms with Crippen molar-refractivity contribution in [2.45, 2.75) is 13.5 Å². The van der Waals surface area contributed by atoms with Crippen LogP contribution in [0.4, 0.5) is 0 Å². The normalized spacial score (nSPS) is 11.1. The number of hydrazone groups is 1. The molecule has 0 aliphatic heterocycles. The number of furan rings is 1. The molecule has 0 radical (unpaired) electrons. The fourth-order valence-corrected chi connectivity index (χ4v) is 2.68. The fourth-order valence-electron chi connectivity index (χ4n) is 2.17. The molecule has 0 atom stereocenters. The molecule has 1 heterocycles. The first-order valence-electron chi connectivity index (χ1n) is 7.48. The van der Waals surface area contributed by atoms with E-state index in [0.717, 1.165) is 26.4 Å². The van der Waals surface area contributed by atoms with E-state index in [-0.39, 0.29) is 0 Å².